The Balaban J connectivity index is 2.09. The molecule has 2 N–H and O–H groups in total. The zero-order valence-electron chi connectivity index (χ0n) is 11.2. The molecule has 1 aliphatic rings. The van der Waals surface area contributed by atoms with Gasteiger partial charge in [0.2, 0.25) is 0 Å². The van der Waals surface area contributed by atoms with Crippen molar-refractivity contribution in [1.29, 1.82) is 0 Å². The quantitative estimate of drug-likeness (QED) is 0.907. The van der Waals surface area contributed by atoms with Gasteiger partial charge in [-0.3, -0.25) is 0 Å². The molecule has 1 aliphatic heterocycles. The lowest BCUT2D eigenvalue weighted by Gasteiger charge is -2.30. The summed E-state index contributed by atoms with van der Waals surface area (Å²) in [6, 6.07) is 6.13. The lowest BCUT2D eigenvalue weighted by molar-refractivity contribution is 0.216. The summed E-state index contributed by atoms with van der Waals surface area (Å²) in [5.74, 6) is 0.404. The molecule has 0 bridgehead atoms. The van der Waals surface area contributed by atoms with Crippen LogP contribution in [0.4, 0.5) is 0 Å². The van der Waals surface area contributed by atoms with Crippen molar-refractivity contribution in [1.82, 2.24) is 4.90 Å². The number of benzene rings is 1. The van der Waals surface area contributed by atoms with Crippen LogP contribution < -0.4 is 5.73 Å². The van der Waals surface area contributed by atoms with Gasteiger partial charge in [-0.15, -0.1) is 0 Å². The molecule has 1 aromatic rings. The van der Waals surface area contributed by atoms with Crippen molar-refractivity contribution in [2.24, 2.45) is 5.73 Å². The number of halogens is 1. The predicted octanol–water partition coefficient (Wildman–Crippen LogP) is 3.18. The van der Waals surface area contributed by atoms with Crippen molar-refractivity contribution in [2.75, 3.05) is 26.2 Å². The number of piperidine rings is 1. The van der Waals surface area contributed by atoms with E-state index in [0.717, 1.165) is 11.6 Å². The molecule has 0 aliphatic carbocycles. The van der Waals surface area contributed by atoms with E-state index in [1.807, 2.05) is 6.07 Å². The fourth-order valence-electron chi connectivity index (χ4n) is 2.80. The van der Waals surface area contributed by atoms with Gasteiger partial charge in [0.1, 0.15) is 0 Å². The number of rotatable bonds is 4. The van der Waals surface area contributed by atoms with Gasteiger partial charge in [-0.05, 0) is 56.1 Å². The Hall–Kier alpha value is -0.570. The summed E-state index contributed by atoms with van der Waals surface area (Å²) < 4.78 is 0. The number of nitrogens with two attached hydrogens (primary N) is 1. The van der Waals surface area contributed by atoms with Gasteiger partial charge in [0, 0.05) is 24.0 Å². The highest BCUT2D eigenvalue weighted by Crippen LogP contribution is 2.25. The first-order chi connectivity index (χ1) is 8.70. The highest BCUT2D eigenvalue weighted by Gasteiger charge is 2.18. The van der Waals surface area contributed by atoms with Gasteiger partial charge in [-0.25, -0.2) is 0 Å². The largest absolute Gasteiger partial charge is 0.330 e. The van der Waals surface area contributed by atoms with Crippen molar-refractivity contribution in [3.63, 3.8) is 0 Å². The summed E-state index contributed by atoms with van der Waals surface area (Å²) in [6.45, 7) is 6.34. The number of hydrogen-bond acceptors (Lipinski definition) is 2. The Kier molecular flexibility index (Phi) is 5.04. The van der Waals surface area contributed by atoms with Crippen molar-refractivity contribution < 1.29 is 0 Å². The van der Waals surface area contributed by atoms with Crippen LogP contribution in [0.2, 0.25) is 5.02 Å². The highest BCUT2D eigenvalue weighted by molar-refractivity contribution is 6.30. The minimum atomic E-state index is 0.404. The minimum absolute atomic E-state index is 0.404. The third kappa shape index (κ3) is 3.47. The molecular weight excluding hydrogens is 244 g/mol. The van der Waals surface area contributed by atoms with Crippen molar-refractivity contribution >= 4 is 11.6 Å². The van der Waals surface area contributed by atoms with Gasteiger partial charge in [0.15, 0.2) is 0 Å². The molecule has 0 saturated carbocycles. The van der Waals surface area contributed by atoms with Gasteiger partial charge in [-0.2, -0.15) is 0 Å². The van der Waals surface area contributed by atoms with Gasteiger partial charge in [-0.1, -0.05) is 24.1 Å². The molecule has 18 heavy (non-hydrogen) atoms. The van der Waals surface area contributed by atoms with Crippen LogP contribution in [0.15, 0.2) is 18.2 Å². The molecular formula is C15H23ClN2. The maximum atomic E-state index is 6.11. The Morgan fingerprint density at radius 3 is 2.67 bits per heavy atom. The Morgan fingerprint density at radius 1 is 1.28 bits per heavy atom. The van der Waals surface area contributed by atoms with Crippen LogP contribution in [0.3, 0.4) is 0 Å². The van der Waals surface area contributed by atoms with Crippen LogP contribution in [0, 0.1) is 6.92 Å². The van der Waals surface area contributed by atoms with E-state index >= 15 is 0 Å². The van der Waals surface area contributed by atoms with E-state index in [-0.39, 0.29) is 0 Å². The molecule has 2 rings (SSSR count). The zero-order chi connectivity index (χ0) is 13.0. The standard InChI is InChI=1S/C15H23ClN2/c1-12-5-6-14(16)9-15(12)13(10-17)11-18-7-3-2-4-8-18/h5-6,9,13H,2-4,7-8,10-11,17H2,1H3. The second-order valence-electron chi connectivity index (χ2n) is 5.29. The number of nitrogens with zero attached hydrogens (tertiary/aromatic N) is 1. The minimum Gasteiger partial charge on any atom is -0.330 e. The Bertz CT molecular complexity index is 386. The number of likely N-dealkylation sites (tertiary alicyclic amines) is 1. The summed E-state index contributed by atoms with van der Waals surface area (Å²) in [6.07, 6.45) is 4.03. The monoisotopic (exact) mass is 266 g/mol. The lowest BCUT2D eigenvalue weighted by Crippen LogP contribution is -2.35. The predicted molar refractivity (Wildman–Crippen MR) is 78.3 cm³/mol. The van der Waals surface area contributed by atoms with Gasteiger partial charge < -0.3 is 10.6 Å². The first-order valence-electron chi connectivity index (χ1n) is 6.89. The third-order valence-corrected chi connectivity index (χ3v) is 4.13. The summed E-state index contributed by atoms with van der Waals surface area (Å²) in [5.41, 5.74) is 8.58. The first kappa shape index (κ1) is 13.9. The molecule has 1 fully saturated rings. The molecule has 0 amide bonds. The smallest absolute Gasteiger partial charge is 0.0409 e. The van der Waals surface area contributed by atoms with Crippen LogP contribution >= 0.6 is 11.6 Å². The van der Waals surface area contributed by atoms with E-state index < -0.39 is 0 Å². The van der Waals surface area contributed by atoms with E-state index in [2.05, 4.69) is 24.0 Å². The Labute approximate surface area is 115 Å². The fraction of sp³-hybridized carbons (Fsp3) is 0.600. The van der Waals surface area contributed by atoms with Crippen LogP contribution in [0.25, 0.3) is 0 Å². The second-order valence-corrected chi connectivity index (χ2v) is 5.73. The molecule has 0 radical (unpaired) electrons. The molecule has 1 saturated heterocycles. The molecule has 0 aromatic heterocycles. The molecule has 3 heteroatoms. The molecule has 0 spiro atoms. The van der Waals surface area contributed by atoms with E-state index in [1.165, 1.54) is 43.5 Å². The molecule has 100 valence electrons. The SMILES string of the molecule is Cc1ccc(Cl)cc1C(CN)CN1CCCCC1. The molecule has 1 atom stereocenters. The van der Waals surface area contributed by atoms with E-state index in [1.54, 1.807) is 0 Å². The van der Waals surface area contributed by atoms with Crippen molar-refractivity contribution in [3.05, 3.63) is 34.3 Å². The average Bonchev–Trinajstić information content (AvgIpc) is 2.40. The van der Waals surface area contributed by atoms with Crippen LogP contribution in [-0.4, -0.2) is 31.1 Å². The van der Waals surface area contributed by atoms with E-state index in [0.29, 0.717) is 12.5 Å². The Morgan fingerprint density at radius 2 is 2.00 bits per heavy atom. The molecule has 1 unspecified atom stereocenters. The molecule has 1 heterocycles. The van der Waals surface area contributed by atoms with Gasteiger partial charge in [0.25, 0.3) is 0 Å². The van der Waals surface area contributed by atoms with Crippen molar-refractivity contribution in [3.8, 4) is 0 Å². The maximum Gasteiger partial charge on any atom is 0.0409 e. The van der Waals surface area contributed by atoms with Crippen LogP contribution in [0.1, 0.15) is 36.3 Å². The van der Waals surface area contributed by atoms with Crippen molar-refractivity contribution in [2.45, 2.75) is 32.1 Å². The summed E-state index contributed by atoms with van der Waals surface area (Å²) in [7, 11) is 0. The molecule has 1 aromatic carbocycles. The topological polar surface area (TPSA) is 29.3 Å². The number of hydrogen-bond donors (Lipinski definition) is 1. The summed E-state index contributed by atoms with van der Waals surface area (Å²) in [5, 5.41) is 0.813. The normalized spacial score (nSPS) is 18.8. The highest BCUT2D eigenvalue weighted by atomic mass is 35.5. The first-order valence-corrected chi connectivity index (χ1v) is 7.27. The second kappa shape index (κ2) is 6.55. The van der Waals surface area contributed by atoms with E-state index in [4.69, 9.17) is 17.3 Å². The van der Waals surface area contributed by atoms with E-state index in [9.17, 15) is 0 Å². The summed E-state index contributed by atoms with van der Waals surface area (Å²) >= 11 is 6.11. The fourth-order valence-corrected chi connectivity index (χ4v) is 2.99. The average molecular weight is 267 g/mol. The van der Waals surface area contributed by atoms with Crippen LogP contribution in [-0.2, 0) is 0 Å². The lowest BCUT2D eigenvalue weighted by atomic mass is 9.93. The number of aryl methyl sites for hydroxylation is 1. The zero-order valence-corrected chi connectivity index (χ0v) is 11.9. The summed E-state index contributed by atoms with van der Waals surface area (Å²) in [4.78, 5) is 2.54. The third-order valence-electron chi connectivity index (χ3n) is 3.89. The van der Waals surface area contributed by atoms with Gasteiger partial charge in [0.05, 0.1) is 0 Å². The maximum absolute atomic E-state index is 6.11. The van der Waals surface area contributed by atoms with Gasteiger partial charge >= 0.3 is 0 Å². The molecule has 2 nitrogen and oxygen atoms in total. The van der Waals surface area contributed by atoms with Crippen LogP contribution in [0.5, 0.6) is 0 Å².